The summed E-state index contributed by atoms with van der Waals surface area (Å²) >= 11 is 0. The van der Waals surface area contributed by atoms with E-state index in [1.807, 2.05) is 24.3 Å². The molecule has 0 unspecified atom stereocenters. The molecule has 0 spiro atoms. The van der Waals surface area contributed by atoms with E-state index in [1.165, 1.54) is 0 Å². The Bertz CT molecular complexity index is 844. The van der Waals surface area contributed by atoms with Gasteiger partial charge in [-0.25, -0.2) is 4.79 Å². The molecule has 29 heavy (non-hydrogen) atoms. The lowest BCUT2D eigenvalue weighted by Gasteiger charge is -2.24. The summed E-state index contributed by atoms with van der Waals surface area (Å²) in [7, 11) is 0. The fourth-order valence-electron chi connectivity index (χ4n) is 3.10. The molecule has 0 heterocycles. The van der Waals surface area contributed by atoms with Gasteiger partial charge in [0.15, 0.2) is 6.61 Å². The second kappa shape index (κ2) is 9.96. The number of benzene rings is 2. The highest BCUT2D eigenvalue weighted by molar-refractivity contribution is 5.94. The van der Waals surface area contributed by atoms with Crippen LogP contribution in [-0.4, -0.2) is 31.6 Å². The minimum absolute atomic E-state index is 0.0356. The van der Waals surface area contributed by atoms with Crippen molar-refractivity contribution in [2.24, 2.45) is 5.92 Å². The molecule has 1 aliphatic rings. The van der Waals surface area contributed by atoms with Gasteiger partial charge in [0.2, 0.25) is 5.91 Å². The summed E-state index contributed by atoms with van der Waals surface area (Å²) in [6.07, 6.45) is 1.90. The van der Waals surface area contributed by atoms with E-state index in [1.54, 1.807) is 24.3 Å². The molecule has 6 nitrogen and oxygen atoms in total. The fraction of sp³-hybridized carbons (Fsp3) is 0.391. The van der Waals surface area contributed by atoms with Gasteiger partial charge in [0, 0.05) is 42.0 Å². The average molecular weight is 396 g/mol. The van der Waals surface area contributed by atoms with Gasteiger partial charge in [-0.2, -0.15) is 0 Å². The van der Waals surface area contributed by atoms with E-state index in [2.05, 4.69) is 24.1 Å². The summed E-state index contributed by atoms with van der Waals surface area (Å²) in [5.41, 5.74) is 2.71. The van der Waals surface area contributed by atoms with Crippen LogP contribution in [0, 0.1) is 5.92 Å². The van der Waals surface area contributed by atoms with Gasteiger partial charge in [0.25, 0.3) is 0 Å². The number of amides is 1. The molecule has 0 radical (unpaired) electrons. The Morgan fingerprint density at radius 1 is 1.07 bits per heavy atom. The van der Waals surface area contributed by atoms with Gasteiger partial charge in [-0.1, -0.05) is 24.3 Å². The molecule has 0 aliphatic heterocycles. The van der Waals surface area contributed by atoms with Crippen molar-refractivity contribution in [3.8, 4) is 5.75 Å². The summed E-state index contributed by atoms with van der Waals surface area (Å²) in [6, 6.07) is 15.0. The SMILES string of the molecule is CCN(CC)c1ccccc1COC(=O)COc1cccc(NC(=O)C2CC2)c1. The summed E-state index contributed by atoms with van der Waals surface area (Å²) in [5.74, 6) is 0.244. The van der Waals surface area contributed by atoms with Crippen molar-refractivity contribution >= 4 is 23.3 Å². The molecule has 0 aromatic heterocycles. The van der Waals surface area contributed by atoms with Crippen molar-refractivity contribution in [2.75, 3.05) is 29.9 Å². The lowest BCUT2D eigenvalue weighted by Crippen LogP contribution is -2.23. The van der Waals surface area contributed by atoms with Gasteiger partial charge >= 0.3 is 5.97 Å². The number of nitrogens with zero attached hydrogens (tertiary/aromatic N) is 1. The molecule has 1 saturated carbocycles. The maximum absolute atomic E-state index is 12.1. The maximum atomic E-state index is 12.1. The van der Waals surface area contributed by atoms with E-state index in [-0.39, 0.29) is 25.0 Å². The zero-order chi connectivity index (χ0) is 20.6. The Morgan fingerprint density at radius 2 is 1.83 bits per heavy atom. The highest BCUT2D eigenvalue weighted by Crippen LogP contribution is 2.30. The predicted molar refractivity (Wildman–Crippen MR) is 113 cm³/mol. The van der Waals surface area contributed by atoms with Crippen molar-refractivity contribution < 1.29 is 19.1 Å². The number of ether oxygens (including phenoxy) is 2. The molecule has 1 N–H and O–H groups in total. The van der Waals surface area contributed by atoms with Crippen LogP contribution < -0.4 is 15.0 Å². The second-order valence-electron chi connectivity index (χ2n) is 7.04. The maximum Gasteiger partial charge on any atom is 0.344 e. The highest BCUT2D eigenvalue weighted by Gasteiger charge is 2.29. The second-order valence-corrected chi connectivity index (χ2v) is 7.04. The minimum Gasteiger partial charge on any atom is -0.482 e. The fourth-order valence-corrected chi connectivity index (χ4v) is 3.10. The number of carbonyl (C=O) groups is 2. The molecule has 1 aliphatic carbocycles. The lowest BCUT2D eigenvalue weighted by atomic mass is 10.1. The average Bonchev–Trinajstić information content (AvgIpc) is 3.58. The van der Waals surface area contributed by atoms with E-state index in [4.69, 9.17) is 9.47 Å². The van der Waals surface area contributed by atoms with E-state index in [0.717, 1.165) is 37.2 Å². The molecule has 0 atom stereocenters. The quantitative estimate of drug-likeness (QED) is 0.615. The van der Waals surface area contributed by atoms with Gasteiger partial charge in [0.1, 0.15) is 12.4 Å². The molecule has 1 fully saturated rings. The Kier molecular flexibility index (Phi) is 7.11. The van der Waals surface area contributed by atoms with E-state index < -0.39 is 5.97 Å². The van der Waals surface area contributed by atoms with E-state index in [9.17, 15) is 9.59 Å². The third kappa shape index (κ3) is 5.98. The van der Waals surface area contributed by atoms with Crippen LogP contribution in [0.5, 0.6) is 5.75 Å². The Balaban J connectivity index is 1.50. The van der Waals surface area contributed by atoms with Crippen molar-refractivity contribution in [1.82, 2.24) is 0 Å². The van der Waals surface area contributed by atoms with Crippen molar-refractivity contribution in [3.63, 3.8) is 0 Å². The molecule has 6 heteroatoms. The third-order valence-electron chi connectivity index (χ3n) is 4.89. The summed E-state index contributed by atoms with van der Waals surface area (Å²) in [5, 5.41) is 2.87. The topological polar surface area (TPSA) is 67.9 Å². The van der Waals surface area contributed by atoms with Gasteiger partial charge < -0.3 is 19.7 Å². The van der Waals surface area contributed by atoms with Crippen LogP contribution >= 0.6 is 0 Å². The van der Waals surface area contributed by atoms with Crippen LogP contribution in [0.1, 0.15) is 32.3 Å². The number of rotatable bonds is 10. The van der Waals surface area contributed by atoms with E-state index >= 15 is 0 Å². The van der Waals surface area contributed by atoms with Crippen LogP contribution in [0.4, 0.5) is 11.4 Å². The Labute approximate surface area is 171 Å². The first-order chi connectivity index (χ1) is 14.1. The van der Waals surface area contributed by atoms with Crippen molar-refractivity contribution in [2.45, 2.75) is 33.3 Å². The molecular weight excluding hydrogens is 368 g/mol. The standard InChI is InChI=1S/C23H28N2O4/c1-3-25(4-2)21-11-6-5-8-18(21)15-29-22(26)16-28-20-10-7-9-19(14-20)24-23(27)17-12-13-17/h5-11,14,17H,3-4,12-13,15-16H2,1-2H3,(H,24,27). The number of anilines is 2. The lowest BCUT2D eigenvalue weighted by molar-refractivity contribution is -0.147. The molecule has 3 rings (SSSR count). The molecule has 0 saturated heterocycles. The first-order valence-corrected chi connectivity index (χ1v) is 10.1. The molecule has 2 aromatic rings. The smallest absolute Gasteiger partial charge is 0.344 e. The number of nitrogens with one attached hydrogen (secondary N) is 1. The van der Waals surface area contributed by atoms with Crippen molar-refractivity contribution in [1.29, 1.82) is 0 Å². The number of carbonyl (C=O) groups excluding carboxylic acids is 2. The van der Waals surface area contributed by atoms with Crippen molar-refractivity contribution in [3.05, 3.63) is 54.1 Å². The van der Waals surface area contributed by atoms with Crippen LogP contribution in [0.2, 0.25) is 0 Å². The molecule has 2 aromatic carbocycles. The Hall–Kier alpha value is -3.02. The third-order valence-corrected chi connectivity index (χ3v) is 4.89. The van der Waals surface area contributed by atoms with Gasteiger partial charge in [-0.15, -0.1) is 0 Å². The van der Waals surface area contributed by atoms with Crippen LogP contribution in [0.3, 0.4) is 0 Å². The zero-order valence-electron chi connectivity index (χ0n) is 17.0. The van der Waals surface area contributed by atoms with Crippen LogP contribution in [-0.2, 0) is 20.9 Å². The van der Waals surface area contributed by atoms with Crippen LogP contribution in [0.15, 0.2) is 48.5 Å². The predicted octanol–water partition coefficient (Wildman–Crippen LogP) is 4.00. The zero-order valence-corrected chi connectivity index (χ0v) is 17.0. The Morgan fingerprint density at radius 3 is 2.55 bits per heavy atom. The largest absolute Gasteiger partial charge is 0.482 e. The number of para-hydroxylation sites is 1. The number of hydrogen-bond donors (Lipinski definition) is 1. The molecule has 1 amide bonds. The molecule has 154 valence electrons. The van der Waals surface area contributed by atoms with Gasteiger partial charge in [0.05, 0.1) is 0 Å². The summed E-state index contributed by atoms with van der Waals surface area (Å²) in [4.78, 5) is 26.2. The minimum atomic E-state index is -0.438. The van der Waals surface area contributed by atoms with Crippen LogP contribution in [0.25, 0.3) is 0 Å². The number of hydrogen-bond acceptors (Lipinski definition) is 5. The first-order valence-electron chi connectivity index (χ1n) is 10.1. The molecule has 0 bridgehead atoms. The first kappa shape index (κ1) is 20.7. The van der Waals surface area contributed by atoms with Gasteiger partial charge in [-0.05, 0) is 44.9 Å². The monoisotopic (exact) mass is 396 g/mol. The van der Waals surface area contributed by atoms with Gasteiger partial charge in [-0.3, -0.25) is 4.79 Å². The normalized spacial score (nSPS) is 12.9. The summed E-state index contributed by atoms with van der Waals surface area (Å²) in [6.45, 7) is 5.98. The van der Waals surface area contributed by atoms with E-state index in [0.29, 0.717) is 11.4 Å². The summed E-state index contributed by atoms with van der Waals surface area (Å²) < 4.78 is 10.9. The molecular formula is C23H28N2O4. The highest BCUT2D eigenvalue weighted by atomic mass is 16.6. The number of esters is 1.